The predicted molar refractivity (Wildman–Crippen MR) is 122 cm³/mol. The van der Waals surface area contributed by atoms with Gasteiger partial charge >= 0.3 is 0 Å². The molecular formula is C23H30Cl2N4O2. The molecule has 8 heteroatoms. The van der Waals surface area contributed by atoms with Crippen LogP contribution in [0.2, 0.25) is 10.0 Å². The van der Waals surface area contributed by atoms with Crippen LogP contribution < -0.4 is 0 Å². The van der Waals surface area contributed by atoms with Crippen molar-refractivity contribution in [1.82, 2.24) is 19.4 Å². The number of carbonyl (C=O) groups excluding carboxylic acids is 1. The third-order valence-electron chi connectivity index (χ3n) is 6.30. The van der Waals surface area contributed by atoms with Crippen molar-refractivity contribution in [2.75, 3.05) is 39.4 Å². The van der Waals surface area contributed by atoms with E-state index in [0.29, 0.717) is 29.7 Å². The quantitative estimate of drug-likeness (QED) is 0.590. The zero-order chi connectivity index (χ0) is 21.6. The van der Waals surface area contributed by atoms with Crippen LogP contribution in [0.5, 0.6) is 0 Å². The topological polar surface area (TPSA) is 50.6 Å². The molecule has 2 aromatic rings. The van der Waals surface area contributed by atoms with E-state index in [-0.39, 0.29) is 11.8 Å². The molecular weight excluding hydrogens is 435 g/mol. The third-order valence-corrected chi connectivity index (χ3v) is 6.88. The van der Waals surface area contributed by atoms with Gasteiger partial charge in [-0.1, -0.05) is 42.1 Å². The first-order valence-corrected chi connectivity index (χ1v) is 11.9. The van der Waals surface area contributed by atoms with Gasteiger partial charge in [-0.25, -0.2) is 4.98 Å². The highest BCUT2D eigenvalue weighted by Gasteiger charge is 2.28. The lowest BCUT2D eigenvalue weighted by Gasteiger charge is -2.31. The zero-order valence-electron chi connectivity index (χ0n) is 17.8. The van der Waals surface area contributed by atoms with Gasteiger partial charge in [-0.3, -0.25) is 9.69 Å². The number of hydrogen-bond acceptors (Lipinski definition) is 4. The maximum Gasteiger partial charge on any atom is 0.226 e. The number of aromatic nitrogens is 2. The monoisotopic (exact) mass is 464 g/mol. The minimum atomic E-state index is 0.152. The number of hydrogen-bond donors (Lipinski definition) is 0. The van der Waals surface area contributed by atoms with Gasteiger partial charge < -0.3 is 14.2 Å². The molecule has 31 heavy (non-hydrogen) atoms. The van der Waals surface area contributed by atoms with Crippen LogP contribution in [0.3, 0.4) is 0 Å². The van der Waals surface area contributed by atoms with Gasteiger partial charge in [0.25, 0.3) is 0 Å². The Labute approximate surface area is 194 Å². The summed E-state index contributed by atoms with van der Waals surface area (Å²) >= 11 is 12.4. The minimum absolute atomic E-state index is 0.152. The number of benzene rings is 1. The molecule has 0 N–H and O–H groups in total. The van der Waals surface area contributed by atoms with Crippen LogP contribution in [0, 0.1) is 5.92 Å². The fourth-order valence-corrected chi connectivity index (χ4v) is 4.89. The van der Waals surface area contributed by atoms with Gasteiger partial charge in [-0.05, 0) is 30.5 Å². The Kier molecular flexibility index (Phi) is 7.88. The summed E-state index contributed by atoms with van der Waals surface area (Å²) in [5.41, 5.74) is 0.979. The lowest BCUT2D eigenvalue weighted by molar-refractivity contribution is -0.136. The maximum atomic E-state index is 13.3. The van der Waals surface area contributed by atoms with Crippen LogP contribution in [0.1, 0.15) is 37.1 Å². The number of ether oxygens (including phenoxy) is 1. The first kappa shape index (κ1) is 22.6. The molecule has 6 nitrogen and oxygen atoms in total. The summed E-state index contributed by atoms with van der Waals surface area (Å²) in [7, 11) is 0. The fraction of sp³-hybridized carbons (Fsp3) is 0.565. The molecule has 2 aliphatic rings. The van der Waals surface area contributed by atoms with Crippen molar-refractivity contribution in [1.29, 1.82) is 0 Å². The first-order chi connectivity index (χ1) is 15.1. The SMILES string of the molecule is O=C(C1CCCC1)N(CCN1CCOCC1)Cc1nccn1Cc1ccc(Cl)cc1Cl. The van der Waals surface area contributed by atoms with Crippen molar-refractivity contribution in [3.8, 4) is 0 Å². The molecule has 2 fully saturated rings. The van der Waals surface area contributed by atoms with Crippen LogP contribution in [0.4, 0.5) is 0 Å². The van der Waals surface area contributed by atoms with Crippen molar-refractivity contribution in [2.24, 2.45) is 5.92 Å². The zero-order valence-corrected chi connectivity index (χ0v) is 19.3. The van der Waals surface area contributed by atoms with Crippen molar-refractivity contribution < 1.29 is 9.53 Å². The Hall–Kier alpha value is -1.60. The molecule has 1 amide bonds. The number of amides is 1. The molecule has 0 spiro atoms. The van der Waals surface area contributed by atoms with E-state index >= 15 is 0 Å². The minimum Gasteiger partial charge on any atom is -0.379 e. The summed E-state index contributed by atoms with van der Waals surface area (Å²) in [6, 6.07) is 5.54. The molecule has 1 aliphatic heterocycles. The molecule has 1 aromatic carbocycles. The van der Waals surface area contributed by atoms with Crippen LogP contribution in [-0.4, -0.2) is 64.7 Å². The molecule has 1 aliphatic carbocycles. The Morgan fingerprint density at radius 1 is 1.19 bits per heavy atom. The van der Waals surface area contributed by atoms with Crippen molar-refractivity contribution in [3.05, 3.63) is 52.0 Å². The van der Waals surface area contributed by atoms with Gasteiger partial charge in [-0.15, -0.1) is 0 Å². The van der Waals surface area contributed by atoms with Gasteiger partial charge in [0.15, 0.2) is 0 Å². The summed E-state index contributed by atoms with van der Waals surface area (Å²) in [6.45, 7) is 6.07. The Bertz CT molecular complexity index is 876. The molecule has 0 bridgehead atoms. The van der Waals surface area contributed by atoms with E-state index in [4.69, 9.17) is 27.9 Å². The summed E-state index contributed by atoms with van der Waals surface area (Å²) in [4.78, 5) is 22.3. The number of imidazole rings is 1. The summed E-state index contributed by atoms with van der Waals surface area (Å²) < 4.78 is 7.52. The highest BCUT2D eigenvalue weighted by molar-refractivity contribution is 6.35. The fourth-order valence-electron chi connectivity index (χ4n) is 4.42. The molecule has 1 saturated heterocycles. The molecule has 4 rings (SSSR count). The van der Waals surface area contributed by atoms with Crippen molar-refractivity contribution in [3.63, 3.8) is 0 Å². The molecule has 168 valence electrons. The molecule has 0 radical (unpaired) electrons. The van der Waals surface area contributed by atoms with Crippen molar-refractivity contribution in [2.45, 2.75) is 38.8 Å². The van der Waals surface area contributed by atoms with E-state index in [1.807, 2.05) is 23.2 Å². The van der Waals surface area contributed by atoms with Gasteiger partial charge in [0.1, 0.15) is 5.82 Å². The second-order valence-corrected chi connectivity index (χ2v) is 9.25. The lowest BCUT2D eigenvalue weighted by Crippen LogP contribution is -2.44. The van der Waals surface area contributed by atoms with Crippen LogP contribution in [-0.2, 0) is 22.6 Å². The first-order valence-electron chi connectivity index (χ1n) is 11.1. The number of carbonyl (C=O) groups is 1. The number of halogens is 2. The number of morpholine rings is 1. The number of nitrogens with zero attached hydrogens (tertiary/aromatic N) is 4. The predicted octanol–water partition coefficient (Wildman–Crippen LogP) is 4.09. The van der Waals surface area contributed by atoms with E-state index < -0.39 is 0 Å². The Morgan fingerprint density at radius 2 is 1.97 bits per heavy atom. The second kappa shape index (κ2) is 10.8. The van der Waals surface area contributed by atoms with Crippen LogP contribution in [0.15, 0.2) is 30.6 Å². The lowest BCUT2D eigenvalue weighted by atomic mass is 10.1. The average Bonchev–Trinajstić information content (AvgIpc) is 3.46. The summed E-state index contributed by atoms with van der Waals surface area (Å²) in [6.07, 6.45) is 8.04. The highest BCUT2D eigenvalue weighted by atomic mass is 35.5. The normalized spacial score (nSPS) is 17.9. The van der Waals surface area contributed by atoms with E-state index in [0.717, 1.165) is 69.9 Å². The van der Waals surface area contributed by atoms with Crippen LogP contribution >= 0.6 is 23.2 Å². The van der Waals surface area contributed by atoms with Crippen LogP contribution in [0.25, 0.3) is 0 Å². The van der Waals surface area contributed by atoms with Gasteiger partial charge in [0.05, 0.1) is 26.3 Å². The second-order valence-electron chi connectivity index (χ2n) is 8.40. The number of rotatable bonds is 8. The van der Waals surface area contributed by atoms with E-state index in [2.05, 4.69) is 14.5 Å². The van der Waals surface area contributed by atoms with E-state index in [1.165, 1.54) is 0 Å². The van der Waals surface area contributed by atoms with Crippen molar-refractivity contribution >= 4 is 29.1 Å². The summed E-state index contributed by atoms with van der Waals surface area (Å²) in [5, 5.41) is 1.26. The summed E-state index contributed by atoms with van der Waals surface area (Å²) in [5.74, 6) is 1.29. The molecule has 2 heterocycles. The smallest absolute Gasteiger partial charge is 0.226 e. The Morgan fingerprint density at radius 3 is 2.71 bits per heavy atom. The maximum absolute atomic E-state index is 13.3. The molecule has 1 aromatic heterocycles. The van der Waals surface area contributed by atoms with Gasteiger partial charge in [0, 0.05) is 54.5 Å². The van der Waals surface area contributed by atoms with E-state index in [1.54, 1.807) is 12.3 Å². The van der Waals surface area contributed by atoms with Gasteiger partial charge in [0.2, 0.25) is 5.91 Å². The highest BCUT2D eigenvalue weighted by Crippen LogP contribution is 2.27. The molecule has 1 saturated carbocycles. The largest absolute Gasteiger partial charge is 0.379 e. The molecule has 0 unspecified atom stereocenters. The van der Waals surface area contributed by atoms with E-state index in [9.17, 15) is 4.79 Å². The third kappa shape index (κ3) is 6.01. The van der Waals surface area contributed by atoms with Gasteiger partial charge in [-0.2, -0.15) is 0 Å². The Balaban J connectivity index is 1.46. The average molecular weight is 465 g/mol. The standard InChI is InChI=1S/C23H30Cl2N4O2/c24-20-6-5-19(21(25)15-20)16-28-8-7-26-22(28)17-29(23(30)18-3-1-2-4-18)10-9-27-11-13-31-14-12-27/h5-8,15,18H,1-4,9-14,16-17H2. The molecule has 0 atom stereocenters.